The number of amides is 2. The van der Waals surface area contributed by atoms with E-state index in [4.69, 9.17) is 9.47 Å². The zero-order valence-electron chi connectivity index (χ0n) is 16.4. The second kappa shape index (κ2) is 9.07. The normalized spacial score (nSPS) is 11.4. The second-order valence-corrected chi connectivity index (χ2v) is 6.29. The molecule has 0 saturated heterocycles. The molecule has 6 heteroatoms. The third-order valence-corrected chi connectivity index (χ3v) is 4.59. The topological polar surface area (TPSA) is 67.9 Å². The minimum atomic E-state index is -0.199. The van der Waals surface area contributed by atoms with Crippen molar-refractivity contribution in [2.24, 2.45) is 0 Å². The fraction of sp³-hybridized carbons (Fsp3) is 0.333. The van der Waals surface area contributed by atoms with Crippen LogP contribution in [-0.2, 0) is 4.79 Å². The van der Waals surface area contributed by atoms with Gasteiger partial charge in [-0.15, -0.1) is 0 Å². The quantitative estimate of drug-likeness (QED) is 0.814. The average Bonchev–Trinajstić information content (AvgIpc) is 2.71. The zero-order chi connectivity index (χ0) is 20.0. The zero-order valence-corrected chi connectivity index (χ0v) is 16.4. The van der Waals surface area contributed by atoms with E-state index >= 15 is 0 Å². The van der Waals surface area contributed by atoms with Crippen LogP contribution in [0.5, 0.6) is 11.5 Å². The minimum absolute atomic E-state index is 0.0948. The van der Waals surface area contributed by atoms with Gasteiger partial charge in [0.1, 0.15) is 11.5 Å². The minimum Gasteiger partial charge on any atom is -0.497 e. The van der Waals surface area contributed by atoms with Gasteiger partial charge in [-0.05, 0) is 42.8 Å². The van der Waals surface area contributed by atoms with Gasteiger partial charge in [0.15, 0.2) is 0 Å². The van der Waals surface area contributed by atoms with Crippen LogP contribution in [-0.4, -0.2) is 51.1 Å². The highest BCUT2D eigenvalue weighted by Crippen LogP contribution is 2.33. The van der Waals surface area contributed by atoms with Crippen molar-refractivity contribution in [1.29, 1.82) is 0 Å². The number of carbonyl (C=O) groups is 2. The van der Waals surface area contributed by atoms with Crippen molar-refractivity contribution in [2.75, 3.05) is 28.3 Å². The largest absolute Gasteiger partial charge is 0.497 e. The molecular formula is C21H26N2O4. The van der Waals surface area contributed by atoms with Crippen molar-refractivity contribution in [2.45, 2.75) is 19.4 Å². The molecule has 0 fully saturated rings. The van der Waals surface area contributed by atoms with Crippen molar-refractivity contribution in [1.82, 2.24) is 10.2 Å². The number of carbonyl (C=O) groups excluding carboxylic acids is 2. The number of hydrogen-bond acceptors (Lipinski definition) is 4. The van der Waals surface area contributed by atoms with Crippen molar-refractivity contribution in [3.63, 3.8) is 0 Å². The fourth-order valence-electron chi connectivity index (χ4n) is 2.74. The molecule has 0 aliphatic heterocycles. The lowest BCUT2D eigenvalue weighted by atomic mass is 10.0. The SMILES string of the molecule is CNC(=O)C[C@@H](C)N(C)C(=O)c1ccc(-c2cc(OC)ccc2OC)cc1. The van der Waals surface area contributed by atoms with Crippen LogP contribution in [0.2, 0.25) is 0 Å². The third kappa shape index (κ3) is 4.78. The maximum Gasteiger partial charge on any atom is 0.253 e. The highest BCUT2D eigenvalue weighted by molar-refractivity contribution is 5.95. The van der Waals surface area contributed by atoms with Crippen LogP contribution in [0.3, 0.4) is 0 Å². The molecule has 144 valence electrons. The Balaban J connectivity index is 2.22. The Morgan fingerprint density at radius 1 is 1.07 bits per heavy atom. The third-order valence-electron chi connectivity index (χ3n) is 4.59. The summed E-state index contributed by atoms with van der Waals surface area (Å²) in [4.78, 5) is 25.8. The lowest BCUT2D eigenvalue weighted by molar-refractivity contribution is -0.121. The summed E-state index contributed by atoms with van der Waals surface area (Å²) in [5, 5.41) is 2.58. The summed E-state index contributed by atoms with van der Waals surface area (Å²) in [5.74, 6) is 1.23. The molecule has 0 spiro atoms. The highest BCUT2D eigenvalue weighted by atomic mass is 16.5. The molecule has 2 aromatic carbocycles. The van der Waals surface area contributed by atoms with E-state index in [-0.39, 0.29) is 24.3 Å². The van der Waals surface area contributed by atoms with Gasteiger partial charge in [0.2, 0.25) is 5.91 Å². The summed E-state index contributed by atoms with van der Waals surface area (Å²) < 4.78 is 10.7. The predicted octanol–water partition coefficient (Wildman–Crippen LogP) is 2.97. The molecule has 0 bridgehead atoms. The molecule has 1 atom stereocenters. The lowest BCUT2D eigenvalue weighted by Gasteiger charge is -2.24. The first-order chi connectivity index (χ1) is 12.9. The molecule has 0 heterocycles. The van der Waals surface area contributed by atoms with Gasteiger partial charge in [0.25, 0.3) is 5.91 Å². The average molecular weight is 370 g/mol. The van der Waals surface area contributed by atoms with Crippen molar-refractivity contribution in [3.05, 3.63) is 48.0 Å². The Morgan fingerprint density at radius 2 is 1.74 bits per heavy atom. The molecule has 0 aliphatic carbocycles. The van der Waals surface area contributed by atoms with Crippen molar-refractivity contribution in [3.8, 4) is 22.6 Å². The van der Waals surface area contributed by atoms with Gasteiger partial charge in [0.05, 0.1) is 14.2 Å². The van der Waals surface area contributed by atoms with Crippen LogP contribution in [0.25, 0.3) is 11.1 Å². The highest BCUT2D eigenvalue weighted by Gasteiger charge is 2.19. The number of benzene rings is 2. The van der Waals surface area contributed by atoms with E-state index < -0.39 is 0 Å². The number of ether oxygens (including phenoxy) is 2. The molecule has 1 N–H and O–H groups in total. The number of nitrogens with zero attached hydrogens (tertiary/aromatic N) is 1. The smallest absolute Gasteiger partial charge is 0.253 e. The molecule has 2 aromatic rings. The second-order valence-electron chi connectivity index (χ2n) is 6.29. The summed E-state index contributed by atoms with van der Waals surface area (Å²) >= 11 is 0. The van der Waals surface area contributed by atoms with E-state index in [9.17, 15) is 9.59 Å². The number of rotatable bonds is 7. The van der Waals surface area contributed by atoms with E-state index in [1.807, 2.05) is 37.3 Å². The molecule has 0 unspecified atom stereocenters. The van der Waals surface area contributed by atoms with Gasteiger partial charge in [-0.2, -0.15) is 0 Å². The van der Waals surface area contributed by atoms with Gasteiger partial charge in [0, 0.05) is 37.7 Å². The first kappa shape index (κ1) is 20.3. The number of methoxy groups -OCH3 is 2. The Morgan fingerprint density at radius 3 is 2.30 bits per heavy atom. The van der Waals surface area contributed by atoms with E-state index in [1.165, 1.54) is 0 Å². The summed E-state index contributed by atoms with van der Waals surface area (Å²) in [6.07, 6.45) is 0.262. The molecule has 0 radical (unpaired) electrons. The van der Waals surface area contributed by atoms with E-state index in [0.29, 0.717) is 5.56 Å². The Kier molecular flexibility index (Phi) is 6.82. The van der Waals surface area contributed by atoms with Gasteiger partial charge < -0.3 is 19.7 Å². The van der Waals surface area contributed by atoms with Gasteiger partial charge in [-0.25, -0.2) is 0 Å². The number of hydrogen-bond donors (Lipinski definition) is 1. The molecule has 0 aliphatic rings. The molecule has 2 rings (SSSR count). The maximum absolute atomic E-state index is 12.7. The summed E-state index contributed by atoms with van der Waals surface area (Å²) in [6.45, 7) is 1.85. The molecular weight excluding hydrogens is 344 g/mol. The van der Waals surface area contributed by atoms with Crippen LogP contribution in [0.15, 0.2) is 42.5 Å². The maximum atomic E-state index is 12.7. The Labute approximate surface area is 160 Å². The van der Waals surface area contributed by atoms with Crippen molar-refractivity contribution < 1.29 is 19.1 Å². The van der Waals surface area contributed by atoms with E-state index in [2.05, 4.69) is 5.32 Å². The molecule has 27 heavy (non-hydrogen) atoms. The van der Waals surface area contributed by atoms with Crippen molar-refractivity contribution >= 4 is 11.8 Å². The Bertz CT molecular complexity index is 802. The van der Waals surface area contributed by atoms with Crippen LogP contribution < -0.4 is 14.8 Å². The first-order valence-electron chi connectivity index (χ1n) is 8.71. The van der Waals surface area contributed by atoms with E-state index in [1.54, 1.807) is 45.3 Å². The van der Waals surface area contributed by atoms with Crippen LogP contribution >= 0.6 is 0 Å². The predicted molar refractivity (Wildman–Crippen MR) is 105 cm³/mol. The summed E-state index contributed by atoms with van der Waals surface area (Å²) in [6, 6.07) is 12.7. The van der Waals surface area contributed by atoms with Crippen LogP contribution in [0.4, 0.5) is 0 Å². The molecule has 0 aromatic heterocycles. The van der Waals surface area contributed by atoms with E-state index in [0.717, 1.165) is 22.6 Å². The summed E-state index contributed by atoms with van der Waals surface area (Å²) in [7, 11) is 6.52. The standard InChI is InChI=1S/C21H26N2O4/c1-14(12-20(24)22-2)23(3)21(25)16-8-6-15(7-9-16)18-13-17(26-4)10-11-19(18)27-5/h6-11,13-14H,12H2,1-5H3,(H,22,24)/t14-/m1/s1. The van der Waals surface area contributed by atoms with Crippen LogP contribution in [0.1, 0.15) is 23.7 Å². The molecule has 2 amide bonds. The van der Waals surface area contributed by atoms with Crippen LogP contribution in [0, 0.1) is 0 Å². The fourth-order valence-corrected chi connectivity index (χ4v) is 2.74. The van der Waals surface area contributed by atoms with Gasteiger partial charge in [-0.3, -0.25) is 9.59 Å². The Hall–Kier alpha value is -3.02. The molecule has 0 saturated carbocycles. The van der Waals surface area contributed by atoms with Gasteiger partial charge in [-0.1, -0.05) is 12.1 Å². The van der Waals surface area contributed by atoms with Gasteiger partial charge >= 0.3 is 0 Å². The molecule has 6 nitrogen and oxygen atoms in total. The number of nitrogens with one attached hydrogen (secondary N) is 1. The first-order valence-corrected chi connectivity index (χ1v) is 8.71. The lowest BCUT2D eigenvalue weighted by Crippen LogP contribution is -2.38. The summed E-state index contributed by atoms with van der Waals surface area (Å²) in [5.41, 5.74) is 2.37. The monoisotopic (exact) mass is 370 g/mol.